The summed E-state index contributed by atoms with van der Waals surface area (Å²) in [5.74, 6) is -2.78. The zero-order chi connectivity index (χ0) is 36.1. The SMILES string of the molecule is CC[C@H]1OC(=O)[C@H](C)[C@@H](O)[C@H](C)[C@@H](O[C@@H]2O[C@H](C)CC[C@H]2OC(=O)c2ccc(OC)cc2)[C@](C)(O)C[C@@H](C)CN(C)[C@H](C)[C@@H](O)[C@]1(C)O. The molecule has 274 valence electrons. The van der Waals surface area contributed by atoms with Gasteiger partial charge in [0.15, 0.2) is 12.4 Å². The first kappa shape index (κ1) is 40.1. The summed E-state index contributed by atoms with van der Waals surface area (Å²) in [6.07, 6.45) is -5.34. The third-order valence-electron chi connectivity index (χ3n) is 10.3. The highest BCUT2D eigenvalue weighted by atomic mass is 16.7. The number of hydrogen-bond acceptors (Lipinski definition) is 12. The molecule has 0 bridgehead atoms. The van der Waals surface area contributed by atoms with Gasteiger partial charge in [-0.25, -0.2) is 4.79 Å². The van der Waals surface area contributed by atoms with E-state index in [0.717, 1.165) is 0 Å². The summed E-state index contributed by atoms with van der Waals surface area (Å²) in [6, 6.07) is 6.01. The van der Waals surface area contributed by atoms with Crippen molar-refractivity contribution in [1.82, 2.24) is 4.90 Å². The molecule has 13 atom stereocenters. The Morgan fingerprint density at radius 2 is 1.67 bits per heavy atom. The maximum Gasteiger partial charge on any atom is 0.338 e. The topological polar surface area (TPSA) is 164 Å². The maximum atomic E-state index is 13.4. The number of nitrogens with zero attached hydrogens (tertiary/aromatic N) is 1. The predicted molar refractivity (Wildman–Crippen MR) is 178 cm³/mol. The van der Waals surface area contributed by atoms with Crippen molar-refractivity contribution in [2.75, 3.05) is 20.7 Å². The molecule has 48 heavy (non-hydrogen) atoms. The second-order valence-corrected chi connectivity index (χ2v) is 14.6. The molecule has 0 radical (unpaired) electrons. The van der Waals surface area contributed by atoms with Gasteiger partial charge in [0.2, 0.25) is 0 Å². The Hall–Kier alpha value is -2.32. The minimum absolute atomic E-state index is 0.141. The van der Waals surface area contributed by atoms with Gasteiger partial charge < -0.3 is 49.0 Å². The van der Waals surface area contributed by atoms with Crippen LogP contribution in [0.5, 0.6) is 5.75 Å². The average molecular weight is 682 g/mol. The van der Waals surface area contributed by atoms with E-state index in [1.165, 1.54) is 21.0 Å². The fourth-order valence-electron chi connectivity index (χ4n) is 7.17. The largest absolute Gasteiger partial charge is 0.497 e. The number of benzene rings is 1. The van der Waals surface area contributed by atoms with Crippen molar-refractivity contribution >= 4 is 11.9 Å². The summed E-state index contributed by atoms with van der Waals surface area (Å²) in [5.41, 5.74) is -3.01. The molecule has 12 heteroatoms. The van der Waals surface area contributed by atoms with Crippen LogP contribution in [-0.4, -0.2) is 118 Å². The lowest BCUT2D eigenvalue weighted by atomic mass is 9.78. The van der Waals surface area contributed by atoms with Gasteiger partial charge in [-0.3, -0.25) is 4.79 Å². The highest BCUT2D eigenvalue weighted by Crippen LogP contribution is 2.36. The standard InChI is InChI=1S/C36H59NO11/c1-11-28-36(8,43)30(39)24(6)37(9)19-20(2)18-35(7,42)31(22(4)29(38)23(5)32(40)47-28)48-34-27(17-12-21(3)45-34)46-33(41)25-13-15-26(44-10)16-14-25/h13-16,20-24,27-31,34,38-39,42-43H,11-12,17-19H2,1-10H3/t20-,21-,22+,23-,24-,27-,28-,29+,30-,31-,34+,35-,36-/m1/s1. The van der Waals surface area contributed by atoms with Crippen molar-refractivity contribution in [2.45, 2.75) is 141 Å². The molecule has 12 nitrogen and oxygen atoms in total. The van der Waals surface area contributed by atoms with E-state index in [1.54, 1.807) is 52.0 Å². The van der Waals surface area contributed by atoms with E-state index >= 15 is 0 Å². The summed E-state index contributed by atoms with van der Waals surface area (Å²) < 4.78 is 29.6. The number of carbonyl (C=O) groups is 2. The number of carbonyl (C=O) groups excluding carboxylic acids is 2. The number of cyclic esters (lactones) is 1. The summed E-state index contributed by atoms with van der Waals surface area (Å²) in [7, 11) is 3.36. The smallest absolute Gasteiger partial charge is 0.338 e. The number of likely N-dealkylation sites (N-methyl/N-ethyl adjacent to an activating group) is 1. The van der Waals surface area contributed by atoms with Crippen LogP contribution in [0.25, 0.3) is 0 Å². The van der Waals surface area contributed by atoms with E-state index in [-0.39, 0.29) is 24.9 Å². The molecular weight excluding hydrogens is 622 g/mol. The second kappa shape index (κ2) is 16.6. The Bertz CT molecular complexity index is 1190. The molecule has 2 saturated heterocycles. The summed E-state index contributed by atoms with van der Waals surface area (Å²) in [4.78, 5) is 28.5. The van der Waals surface area contributed by atoms with Crippen LogP contribution in [0.4, 0.5) is 0 Å². The molecule has 0 spiro atoms. The third kappa shape index (κ3) is 9.47. The van der Waals surface area contributed by atoms with E-state index in [9.17, 15) is 30.0 Å². The molecule has 3 rings (SSSR count). The van der Waals surface area contributed by atoms with Crippen molar-refractivity contribution in [3.8, 4) is 5.75 Å². The highest BCUT2D eigenvalue weighted by Gasteiger charge is 2.49. The zero-order valence-electron chi connectivity index (χ0n) is 30.3. The molecular formula is C36H59NO11. The summed E-state index contributed by atoms with van der Waals surface area (Å²) in [5, 5.41) is 46.4. The monoisotopic (exact) mass is 681 g/mol. The molecule has 0 unspecified atom stereocenters. The van der Waals surface area contributed by atoms with Crippen molar-refractivity contribution in [3.05, 3.63) is 29.8 Å². The number of aliphatic hydroxyl groups is 4. The number of ether oxygens (including phenoxy) is 5. The van der Waals surface area contributed by atoms with Gasteiger partial charge in [-0.1, -0.05) is 20.8 Å². The van der Waals surface area contributed by atoms with Crippen molar-refractivity contribution < 1.29 is 53.7 Å². The van der Waals surface area contributed by atoms with E-state index < -0.39 is 77.8 Å². The first-order valence-electron chi connectivity index (χ1n) is 17.2. The van der Waals surface area contributed by atoms with Crippen LogP contribution < -0.4 is 4.74 Å². The minimum atomic E-state index is -1.78. The van der Waals surface area contributed by atoms with Gasteiger partial charge in [0.1, 0.15) is 23.6 Å². The lowest BCUT2D eigenvalue weighted by Crippen LogP contribution is -2.59. The fourth-order valence-corrected chi connectivity index (χ4v) is 7.17. The van der Waals surface area contributed by atoms with Gasteiger partial charge in [0.05, 0.1) is 42.5 Å². The Balaban J connectivity index is 1.97. The molecule has 2 fully saturated rings. The second-order valence-electron chi connectivity index (χ2n) is 14.6. The van der Waals surface area contributed by atoms with Crippen LogP contribution in [0.2, 0.25) is 0 Å². The normalized spacial score (nSPS) is 41.0. The van der Waals surface area contributed by atoms with E-state index in [4.69, 9.17) is 23.7 Å². The van der Waals surface area contributed by atoms with Gasteiger partial charge >= 0.3 is 11.9 Å². The molecule has 0 aromatic heterocycles. The molecule has 0 amide bonds. The average Bonchev–Trinajstić information content (AvgIpc) is 3.04. The molecule has 0 saturated carbocycles. The van der Waals surface area contributed by atoms with Crippen LogP contribution in [0.1, 0.15) is 91.4 Å². The number of esters is 2. The van der Waals surface area contributed by atoms with E-state index in [0.29, 0.717) is 30.7 Å². The number of hydrogen-bond donors (Lipinski definition) is 4. The van der Waals surface area contributed by atoms with E-state index in [1.807, 2.05) is 25.8 Å². The third-order valence-corrected chi connectivity index (χ3v) is 10.3. The zero-order valence-corrected chi connectivity index (χ0v) is 30.3. The minimum Gasteiger partial charge on any atom is -0.497 e. The highest BCUT2D eigenvalue weighted by molar-refractivity contribution is 5.89. The van der Waals surface area contributed by atoms with E-state index in [2.05, 4.69) is 0 Å². The van der Waals surface area contributed by atoms with Gasteiger partial charge in [-0.05, 0) is 97.5 Å². The molecule has 2 aliphatic heterocycles. The summed E-state index contributed by atoms with van der Waals surface area (Å²) >= 11 is 0. The Morgan fingerprint density at radius 1 is 1.04 bits per heavy atom. The Kier molecular flexibility index (Phi) is 13.9. The van der Waals surface area contributed by atoms with Gasteiger partial charge in [0, 0.05) is 18.5 Å². The van der Waals surface area contributed by atoms with Gasteiger partial charge in [-0.2, -0.15) is 0 Å². The van der Waals surface area contributed by atoms with Gasteiger partial charge in [0.25, 0.3) is 0 Å². The molecule has 1 aromatic carbocycles. The predicted octanol–water partition coefficient (Wildman–Crippen LogP) is 3.31. The molecule has 1 aromatic rings. The van der Waals surface area contributed by atoms with Crippen LogP contribution in [0.3, 0.4) is 0 Å². The van der Waals surface area contributed by atoms with Gasteiger partial charge in [-0.15, -0.1) is 0 Å². The quantitative estimate of drug-likeness (QED) is 0.325. The maximum absolute atomic E-state index is 13.4. The lowest BCUT2D eigenvalue weighted by molar-refractivity contribution is -0.289. The number of methoxy groups -OCH3 is 1. The van der Waals surface area contributed by atoms with Crippen LogP contribution >= 0.6 is 0 Å². The van der Waals surface area contributed by atoms with Crippen LogP contribution in [-0.2, 0) is 23.7 Å². The van der Waals surface area contributed by atoms with Crippen molar-refractivity contribution in [3.63, 3.8) is 0 Å². The van der Waals surface area contributed by atoms with Crippen LogP contribution in [0.15, 0.2) is 24.3 Å². The van der Waals surface area contributed by atoms with Crippen molar-refractivity contribution in [1.29, 1.82) is 0 Å². The first-order chi connectivity index (χ1) is 22.3. The molecule has 0 aliphatic carbocycles. The molecule has 2 aliphatic rings. The first-order valence-corrected chi connectivity index (χ1v) is 17.2. The molecule has 2 heterocycles. The fraction of sp³-hybridized carbons (Fsp3) is 0.778. The lowest BCUT2D eigenvalue weighted by Gasteiger charge is -2.45. The van der Waals surface area contributed by atoms with Crippen molar-refractivity contribution in [2.24, 2.45) is 17.8 Å². The molecule has 4 N–H and O–H groups in total. The Labute approximate surface area is 285 Å². The van der Waals surface area contributed by atoms with Crippen LogP contribution in [0, 0.1) is 17.8 Å². The Morgan fingerprint density at radius 3 is 2.25 bits per heavy atom. The summed E-state index contributed by atoms with van der Waals surface area (Å²) in [6.45, 7) is 14.1. The number of aliphatic hydroxyl groups excluding tert-OH is 2. The number of rotatable bonds is 6.